The number of imide groups is 1. The van der Waals surface area contributed by atoms with Gasteiger partial charge in [-0.05, 0) is 38.3 Å². The summed E-state index contributed by atoms with van der Waals surface area (Å²) < 4.78 is 1.90. The number of thioether (sulfide) groups is 1. The fourth-order valence-electron chi connectivity index (χ4n) is 2.91. The van der Waals surface area contributed by atoms with Crippen molar-refractivity contribution in [2.24, 2.45) is 11.7 Å². The van der Waals surface area contributed by atoms with Crippen molar-refractivity contribution >= 4 is 35.3 Å². The second-order valence-electron chi connectivity index (χ2n) is 7.89. The highest BCUT2D eigenvalue weighted by Gasteiger charge is 2.22. The summed E-state index contributed by atoms with van der Waals surface area (Å²) in [4.78, 5) is 35.9. The van der Waals surface area contributed by atoms with Gasteiger partial charge in [-0.25, -0.2) is 4.79 Å². The fraction of sp³-hybridized carbons (Fsp3) is 0.476. The van der Waals surface area contributed by atoms with E-state index < -0.39 is 23.1 Å². The van der Waals surface area contributed by atoms with Gasteiger partial charge in [-0.15, -0.1) is 10.2 Å². The quantitative estimate of drug-likeness (QED) is 0.508. The SMILES string of the molecule is Cc1ccc(NC(=O)NC(=O)C(C)Sc2nnc(CCC(N)=O)n2CC(C)C)c(C)c1. The summed E-state index contributed by atoms with van der Waals surface area (Å²) in [5.41, 5.74) is 7.89. The summed E-state index contributed by atoms with van der Waals surface area (Å²) in [6.07, 6.45) is 0.560. The molecule has 31 heavy (non-hydrogen) atoms. The minimum Gasteiger partial charge on any atom is -0.370 e. The van der Waals surface area contributed by atoms with E-state index in [0.717, 1.165) is 11.1 Å². The van der Waals surface area contributed by atoms with Crippen LogP contribution in [-0.2, 0) is 22.6 Å². The second-order valence-corrected chi connectivity index (χ2v) is 9.20. The van der Waals surface area contributed by atoms with E-state index in [9.17, 15) is 14.4 Å². The van der Waals surface area contributed by atoms with Crippen molar-refractivity contribution < 1.29 is 14.4 Å². The number of amides is 4. The van der Waals surface area contributed by atoms with Crippen LogP contribution < -0.4 is 16.4 Å². The molecule has 10 heteroatoms. The lowest BCUT2D eigenvalue weighted by atomic mass is 10.1. The molecule has 0 aliphatic rings. The predicted octanol–water partition coefficient (Wildman–Crippen LogP) is 2.80. The highest BCUT2D eigenvalue weighted by molar-refractivity contribution is 8.00. The van der Waals surface area contributed by atoms with Gasteiger partial charge in [-0.1, -0.05) is 43.3 Å². The van der Waals surface area contributed by atoms with Crippen LogP contribution in [0.3, 0.4) is 0 Å². The summed E-state index contributed by atoms with van der Waals surface area (Å²) >= 11 is 1.21. The maximum Gasteiger partial charge on any atom is 0.325 e. The molecule has 0 aliphatic heterocycles. The summed E-state index contributed by atoms with van der Waals surface area (Å²) in [5, 5.41) is 13.4. The van der Waals surface area contributed by atoms with Gasteiger partial charge in [-0.3, -0.25) is 14.9 Å². The summed E-state index contributed by atoms with van der Waals surface area (Å²) in [5.74, 6) is 0.117. The number of urea groups is 1. The van der Waals surface area contributed by atoms with Crippen LogP contribution in [0, 0.1) is 19.8 Å². The molecule has 2 rings (SSSR count). The molecule has 4 amide bonds. The van der Waals surface area contributed by atoms with Gasteiger partial charge < -0.3 is 15.6 Å². The molecule has 4 N–H and O–H groups in total. The Hall–Kier alpha value is -2.88. The van der Waals surface area contributed by atoms with E-state index in [1.165, 1.54) is 11.8 Å². The first-order valence-electron chi connectivity index (χ1n) is 10.1. The molecule has 0 fully saturated rings. The molecule has 1 heterocycles. The molecular formula is C21H30N6O3S. The van der Waals surface area contributed by atoms with Crippen LogP contribution in [0.4, 0.5) is 10.5 Å². The Kier molecular flexibility index (Phi) is 8.61. The number of anilines is 1. The first-order valence-corrected chi connectivity index (χ1v) is 11.0. The van der Waals surface area contributed by atoms with Crippen LogP contribution in [0.1, 0.15) is 44.1 Å². The molecule has 1 aromatic heterocycles. The molecule has 1 aromatic carbocycles. The van der Waals surface area contributed by atoms with E-state index in [2.05, 4.69) is 34.7 Å². The monoisotopic (exact) mass is 446 g/mol. The Balaban J connectivity index is 2.02. The van der Waals surface area contributed by atoms with Crippen LogP contribution in [-0.4, -0.2) is 37.9 Å². The smallest absolute Gasteiger partial charge is 0.325 e. The molecule has 0 bridgehead atoms. The molecule has 0 spiro atoms. The third-order valence-corrected chi connectivity index (χ3v) is 5.53. The summed E-state index contributed by atoms with van der Waals surface area (Å²) in [6, 6.07) is 5.05. The Morgan fingerprint density at radius 2 is 1.87 bits per heavy atom. The number of aryl methyl sites for hydroxylation is 3. The standard InChI is InChI=1S/C21H30N6O3S/c1-12(2)11-27-18(9-8-17(22)28)25-26-21(27)31-15(5)19(29)24-20(30)23-16-7-6-13(3)10-14(16)4/h6-7,10,12,15H,8-9,11H2,1-5H3,(H2,22,28)(H2,23,24,29,30). The van der Waals surface area contributed by atoms with Gasteiger partial charge in [0.15, 0.2) is 5.16 Å². The number of nitrogens with one attached hydrogen (secondary N) is 2. The third-order valence-electron chi connectivity index (χ3n) is 4.45. The summed E-state index contributed by atoms with van der Waals surface area (Å²) in [6.45, 7) is 10.3. The maximum absolute atomic E-state index is 12.5. The second kappa shape index (κ2) is 10.9. The van der Waals surface area contributed by atoms with Gasteiger partial charge in [0.05, 0.1) is 5.25 Å². The fourth-order valence-corrected chi connectivity index (χ4v) is 3.78. The molecule has 0 radical (unpaired) electrons. The van der Waals surface area contributed by atoms with E-state index >= 15 is 0 Å². The first-order chi connectivity index (χ1) is 14.6. The van der Waals surface area contributed by atoms with E-state index in [0.29, 0.717) is 35.6 Å². The number of hydrogen-bond donors (Lipinski definition) is 3. The van der Waals surface area contributed by atoms with Gasteiger partial charge in [-0.2, -0.15) is 0 Å². The highest BCUT2D eigenvalue weighted by atomic mass is 32.2. The normalized spacial score (nSPS) is 11.9. The molecule has 1 unspecified atom stereocenters. The molecule has 2 aromatic rings. The number of nitrogens with two attached hydrogens (primary N) is 1. The first kappa shape index (κ1) is 24.4. The van der Waals surface area contributed by atoms with Crippen LogP contribution in [0.2, 0.25) is 0 Å². The molecule has 168 valence electrons. The average molecular weight is 447 g/mol. The lowest BCUT2D eigenvalue weighted by molar-refractivity contribution is -0.119. The number of carbonyl (C=O) groups is 3. The van der Waals surface area contributed by atoms with Crippen molar-refractivity contribution in [2.75, 3.05) is 5.32 Å². The van der Waals surface area contributed by atoms with Gasteiger partial charge in [0, 0.05) is 25.1 Å². The van der Waals surface area contributed by atoms with Crippen molar-refractivity contribution in [3.63, 3.8) is 0 Å². The topological polar surface area (TPSA) is 132 Å². The molecule has 9 nitrogen and oxygen atoms in total. The number of hydrogen-bond acceptors (Lipinski definition) is 6. The van der Waals surface area contributed by atoms with Crippen molar-refractivity contribution in [1.82, 2.24) is 20.1 Å². The van der Waals surface area contributed by atoms with E-state index in [-0.39, 0.29) is 6.42 Å². The van der Waals surface area contributed by atoms with Gasteiger partial charge in [0.1, 0.15) is 5.82 Å². The van der Waals surface area contributed by atoms with E-state index in [4.69, 9.17) is 5.73 Å². The third kappa shape index (κ3) is 7.39. The van der Waals surface area contributed by atoms with Crippen LogP contribution >= 0.6 is 11.8 Å². The van der Waals surface area contributed by atoms with E-state index in [1.807, 2.05) is 30.5 Å². The van der Waals surface area contributed by atoms with Gasteiger partial charge >= 0.3 is 6.03 Å². The number of benzene rings is 1. The number of primary amides is 1. The Morgan fingerprint density at radius 3 is 2.48 bits per heavy atom. The molecule has 0 saturated heterocycles. The Labute approximate surface area is 186 Å². The zero-order valence-corrected chi connectivity index (χ0v) is 19.4. The maximum atomic E-state index is 12.5. The van der Waals surface area contributed by atoms with Crippen molar-refractivity contribution in [3.05, 3.63) is 35.2 Å². The number of carbonyl (C=O) groups excluding carboxylic acids is 3. The van der Waals surface area contributed by atoms with Crippen LogP contribution in [0.15, 0.2) is 23.4 Å². The number of nitrogens with zero attached hydrogens (tertiary/aromatic N) is 3. The molecule has 0 saturated carbocycles. The minimum atomic E-state index is -0.588. The minimum absolute atomic E-state index is 0.176. The Morgan fingerprint density at radius 1 is 1.16 bits per heavy atom. The van der Waals surface area contributed by atoms with Gasteiger partial charge in [0.2, 0.25) is 11.8 Å². The van der Waals surface area contributed by atoms with Crippen molar-refractivity contribution in [3.8, 4) is 0 Å². The number of rotatable bonds is 9. The molecule has 1 atom stereocenters. The van der Waals surface area contributed by atoms with Crippen LogP contribution in [0.25, 0.3) is 0 Å². The van der Waals surface area contributed by atoms with Crippen molar-refractivity contribution in [1.29, 1.82) is 0 Å². The zero-order valence-electron chi connectivity index (χ0n) is 18.6. The molecular weight excluding hydrogens is 416 g/mol. The lowest BCUT2D eigenvalue weighted by Gasteiger charge is -2.15. The lowest BCUT2D eigenvalue weighted by Crippen LogP contribution is -2.39. The highest BCUT2D eigenvalue weighted by Crippen LogP contribution is 2.24. The largest absolute Gasteiger partial charge is 0.370 e. The van der Waals surface area contributed by atoms with Crippen molar-refractivity contribution in [2.45, 2.75) is 64.4 Å². The summed E-state index contributed by atoms with van der Waals surface area (Å²) in [7, 11) is 0. The average Bonchev–Trinajstić information content (AvgIpc) is 3.03. The van der Waals surface area contributed by atoms with Crippen LogP contribution in [0.5, 0.6) is 0 Å². The van der Waals surface area contributed by atoms with Gasteiger partial charge in [0.25, 0.3) is 0 Å². The Bertz CT molecular complexity index is 957. The predicted molar refractivity (Wildman–Crippen MR) is 121 cm³/mol. The zero-order chi connectivity index (χ0) is 23.1. The van der Waals surface area contributed by atoms with E-state index in [1.54, 1.807) is 13.0 Å². The number of aromatic nitrogens is 3. The molecule has 0 aliphatic carbocycles.